The van der Waals surface area contributed by atoms with Crippen LogP contribution >= 0.6 is 31.9 Å². The summed E-state index contributed by atoms with van der Waals surface area (Å²) in [5.74, 6) is 0.107. The zero-order chi connectivity index (χ0) is 15.9. The fourth-order valence-electron chi connectivity index (χ4n) is 1.95. The van der Waals surface area contributed by atoms with Crippen LogP contribution in [0.4, 0.5) is 5.69 Å². The zero-order valence-electron chi connectivity index (χ0n) is 10.7. The molecule has 110 valence electrons. The second kappa shape index (κ2) is 5.62. The van der Waals surface area contributed by atoms with Gasteiger partial charge in [-0.2, -0.15) is 0 Å². The molecule has 0 atom stereocenters. The molecule has 0 aliphatic heterocycles. The lowest BCUT2D eigenvalue weighted by molar-refractivity contribution is -0.384. The third-order valence-corrected chi connectivity index (χ3v) is 4.04. The second-order valence-corrected chi connectivity index (χ2v) is 6.16. The molecule has 22 heavy (non-hydrogen) atoms. The normalized spacial score (nSPS) is 10.8. The Balaban J connectivity index is 2.20. The molecule has 0 bridgehead atoms. The summed E-state index contributed by atoms with van der Waals surface area (Å²) in [6.45, 7) is 0. The number of hydrogen-bond acceptors (Lipinski definition) is 5. The number of rotatable bonds is 2. The maximum atomic E-state index is 12.1. The minimum atomic E-state index is -0.527. The summed E-state index contributed by atoms with van der Waals surface area (Å²) in [5, 5.41) is 11.0. The highest BCUT2D eigenvalue weighted by molar-refractivity contribution is 9.11. The first-order valence-corrected chi connectivity index (χ1v) is 7.59. The van der Waals surface area contributed by atoms with Gasteiger partial charge in [0.15, 0.2) is 0 Å². The second-order valence-electron chi connectivity index (χ2n) is 4.39. The van der Waals surface area contributed by atoms with Gasteiger partial charge in [0, 0.05) is 26.6 Å². The number of aromatic nitrogens is 1. The lowest BCUT2D eigenvalue weighted by atomic mass is 10.2. The number of fused-ring (bicyclic) bond motifs is 1. The maximum Gasteiger partial charge on any atom is 0.347 e. The molecule has 0 aliphatic carbocycles. The number of non-ortho nitro benzene ring substituents is 1. The number of nitro benzene ring substituents is 1. The van der Waals surface area contributed by atoms with Gasteiger partial charge in [0.2, 0.25) is 5.89 Å². The van der Waals surface area contributed by atoms with Gasteiger partial charge in [-0.1, -0.05) is 15.9 Å². The molecule has 0 saturated carbocycles. The van der Waals surface area contributed by atoms with Gasteiger partial charge in [-0.3, -0.25) is 10.1 Å². The van der Waals surface area contributed by atoms with Crippen molar-refractivity contribution in [3.8, 4) is 11.5 Å². The van der Waals surface area contributed by atoms with Crippen LogP contribution in [-0.2, 0) is 0 Å². The first-order chi connectivity index (χ1) is 10.5. The Bertz CT molecular complexity index is 951. The lowest BCUT2D eigenvalue weighted by Crippen LogP contribution is -2.03. The van der Waals surface area contributed by atoms with Crippen molar-refractivity contribution in [3.63, 3.8) is 0 Å². The molecule has 3 rings (SSSR count). The van der Waals surface area contributed by atoms with Crippen LogP contribution in [-0.4, -0.2) is 9.91 Å². The van der Waals surface area contributed by atoms with Crippen LogP contribution in [0.5, 0.6) is 0 Å². The molecule has 0 aliphatic rings. The summed E-state index contributed by atoms with van der Waals surface area (Å²) in [4.78, 5) is 26.6. The summed E-state index contributed by atoms with van der Waals surface area (Å²) in [7, 11) is 0. The van der Waals surface area contributed by atoms with Crippen LogP contribution < -0.4 is 5.63 Å². The molecule has 8 heteroatoms. The van der Waals surface area contributed by atoms with Crippen LogP contribution in [0.3, 0.4) is 0 Å². The van der Waals surface area contributed by atoms with E-state index in [2.05, 4.69) is 36.8 Å². The molecule has 0 radical (unpaired) electrons. The standard InChI is InChI=1S/C14H6Br2N2O4/c15-8-5-10-12(11(16)6-8)17-13(22-14(10)19)7-1-3-9(4-2-7)18(20)21/h1-6H. The summed E-state index contributed by atoms with van der Waals surface area (Å²) >= 11 is 6.66. The fourth-order valence-corrected chi connectivity index (χ4v) is 3.27. The predicted octanol–water partition coefficient (Wildman–Crippen LogP) is 4.29. The average molecular weight is 426 g/mol. The van der Waals surface area contributed by atoms with E-state index in [9.17, 15) is 14.9 Å². The first-order valence-electron chi connectivity index (χ1n) is 6.00. The van der Waals surface area contributed by atoms with Crippen LogP contribution in [0, 0.1) is 10.1 Å². The van der Waals surface area contributed by atoms with Gasteiger partial charge in [-0.05, 0) is 40.2 Å². The molecule has 2 aromatic carbocycles. The minimum Gasteiger partial charge on any atom is -0.403 e. The molecule has 0 N–H and O–H groups in total. The lowest BCUT2D eigenvalue weighted by Gasteiger charge is -2.04. The Hall–Kier alpha value is -2.06. The maximum absolute atomic E-state index is 12.1. The molecular weight excluding hydrogens is 420 g/mol. The van der Waals surface area contributed by atoms with Crippen molar-refractivity contribution in [2.24, 2.45) is 0 Å². The largest absolute Gasteiger partial charge is 0.403 e. The molecule has 0 fully saturated rings. The molecule has 1 heterocycles. The topological polar surface area (TPSA) is 86.2 Å². The van der Waals surface area contributed by atoms with E-state index >= 15 is 0 Å². The van der Waals surface area contributed by atoms with Crippen LogP contribution in [0.1, 0.15) is 0 Å². The monoisotopic (exact) mass is 424 g/mol. The molecule has 0 saturated heterocycles. The Labute approximate surface area is 140 Å². The third-order valence-electron chi connectivity index (χ3n) is 2.98. The number of benzene rings is 2. The molecular formula is C14H6Br2N2O4. The summed E-state index contributed by atoms with van der Waals surface area (Å²) in [6.07, 6.45) is 0. The summed E-state index contributed by atoms with van der Waals surface area (Å²) < 4.78 is 6.58. The van der Waals surface area contributed by atoms with Gasteiger partial charge in [0.05, 0.1) is 15.8 Å². The summed E-state index contributed by atoms with van der Waals surface area (Å²) in [5.41, 5.74) is 0.379. The molecule has 3 aromatic rings. The van der Waals surface area contributed by atoms with Crippen molar-refractivity contribution in [2.75, 3.05) is 0 Å². The van der Waals surface area contributed by atoms with E-state index in [-0.39, 0.29) is 11.6 Å². The van der Waals surface area contributed by atoms with Crippen molar-refractivity contribution >= 4 is 48.5 Å². The Kier molecular flexibility index (Phi) is 3.79. The van der Waals surface area contributed by atoms with Gasteiger partial charge in [0.1, 0.15) is 0 Å². The molecule has 0 amide bonds. The quantitative estimate of drug-likeness (QED) is 0.451. The van der Waals surface area contributed by atoms with Gasteiger partial charge in [-0.15, -0.1) is 0 Å². The Morgan fingerprint density at radius 1 is 1.14 bits per heavy atom. The first kappa shape index (κ1) is 14.9. The molecule has 0 unspecified atom stereocenters. The number of hydrogen-bond donors (Lipinski definition) is 0. The van der Waals surface area contributed by atoms with Gasteiger partial charge < -0.3 is 4.42 Å². The van der Waals surface area contributed by atoms with Gasteiger partial charge in [0.25, 0.3) is 5.69 Å². The van der Waals surface area contributed by atoms with E-state index in [4.69, 9.17) is 4.42 Å². The Morgan fingerprint density at radius 3 is 2.45 bits per heavy atom. The number of nitrogens with zero attached hydrogens (tertiary/aromatic N) is 2. The zero-order valence-corrected chi connectivity index (χ0v) is 13.9. The highest BCUT2D eigenvalue weighted by atomic mass is 79.9. The van der Waals surface area contributed by atoms with Crippen molar-refractivity contribution in [1.29, 1.82) is 0 Å². The fraction of sp³-hybridized carbons (Fsp3) is 0. The minimum absolute atomic E-state index is 0.0444. The van der Waals surface area contributed by atoms with Crippen molar-refractivity contribution in [3.05, 3.63) is 65.9 Å². The van der Waals surface area contributed by atoms with Crippen molar-refractivity contribution in [2.45, 2.75) is 0 Å². The van der Waals surface area contributed by atoms with E-state index in [1.807, 2.05) is 0 Å². The third kappa shape index (κ3) is 2.67. The van der Waals surface area contributed by atoms with Crippen molar-refractivity contribution < 1.29 is 9.34 Å². The van der Waals surface area contributed by atoms with Crippen LogP contribution in [0.2, 0.25) is 0 Å². The van der Waals surface area contributed by atoms with E-state index < -0.39 is 10.5 Å². The molecule has 1 aromatic heterocycles. The van der Waals surface area contributed by atoms with E-state index in [1.165, 1.54) is 24.3 Å². The SMILES string of the molecule is O=c1oc(-c2ccc([N+](=O)[O-])cc2)nc2c(Br)cc(Br)cc12. The predicted molar refractivity (Wildman–Crippen MR) is 87.8 cm³/mol. The van der Waals surface area contributed by atoms with Gasteiger partial charge in [-0.25, -0.2) is 9.78 Å². The van der Waals surface area contributed by atoms with Crippen LogP contribution in [0.15, 0.2) is 54.6 Å². The summed E-state index contributed by atoms with van der Waals surface area (Å²) in [6, 6.07) is 9.03. The van der Waals surface area contributed by atoms with E-state index in [1.54, 1.807) is 12.1 Å². The number of halogens is 2. The highest BCUT2D eigenvalue weighted by Gasteiger charge is 2.13. The smallest absolute Gasteiger partial charge is 0.347 e. The van der Waals surface area contributed by atoms with E-state index in [0.717, 1.165) is 4.47 Å². The van der Waals surface area contributed by atoms with Crippen molar-refractivity contribution in [1.82, 2.24) is 4.98 Å². The van der Waals surface area contributed by atoms with Gasteiger partial charge >= 0.3 is 5.63 Å². The number of nitro groups is 1. The highest BCUT2D eigenvalue weighted by Crippen LogP contribution is 2.28. The van der Waals surface area contributed by atoms with Crippen LogP contribution in [0.25, 0.3) is 22.4 Å². The molecule has 0 spiro atoms. The van der Waals surface area contributed by atoms with E-state index in [0.29, 0.717) is 20.9 Å². The Morgan fingerprint density at radius 2 is 1.82 bits per heavy atom. The average Bonchev–Trinajstić information content (AvgIpc) is 2.48. The molecule has 6 nitrogen and oxygen atoms in total.